The van der Waals surface area contributed by atoms with E-state index in [0.29, 0.717) is 15.7 Å². The third-order valence-electron chi connectivity index (χ3n) is 3.00. The maximum absolute atomic E-state index is 12.0. The summed E-state index contributed by atoms with van der Waals surface area (Å²) in [7, 11) is 0. The fourth-order valence-electron chi connectivity index (χ4n) is 1.81. The Labute approximate surface area is 138 Å². The smallest absolute Gasteiger partial charge is 0.270 e. The molecular formula is C14H10BrN3O5. The minimum Gasteiger partial charge on any atom is -0.377 e. The van der Waals surface area contributed by atoms with E-state index >= 15 is 0 Å². The van der Waals surface area contributed by atoms with E-state index in [1.54, 1.807) is 0 Å². The molecule has 0 saturated heterocycles. The molecular weight excluding hydrogens is 370 g/mol. The molecule has 0 spiro atoms. The first-order chi connectivity index (χ1) is 10.9. The molecule has 0 aliphatic carbocycles. The quantitative estimate of drug-likeness (QED) is 0.465. The third kappa shape index (κ3) is 4.10. The van der Waals surface area contributed by atoms with Gasteiger partial charge in [-0.1, -0.05) is 0 Å². The van der Waals surface area contributed by atoms with E-state index in [2.05, 4.69) is 21.2 Å². The van der Waals surface area contributed by atoms with Crippen molar-refractivity contribution >= 4 is 38.8 Å². The molecule has 118 valence electrons. The first-order valence-corrected chi connectivity index (χ1v) is 7.13. The summed E-state index contributed by atoms with van der Waals surface area (Å²) in [6.45, 7) is -0.0474. The van der Waals surface area contributed by atoms with Gasteiger partial charge >= 0.3 is 0 Å². The summed E-state index contributed by atoms with van der Waals surface area (Å²) < 4.78 is 0.461. The van der Waals surface area contributed by atoms with Crippen molar-refractivity contribution in [3.63, 3.8) is 0 Å². The highest BCUT2D eigenvalue weighted by Crippen LogP contribution is 2.27. The molecule has 0 saturated carbocycles. The number of ketones is 1. The number of nitro groups is 2. The molecule has 8 nitrogen and oxygen atoms in total. The summed E-state index contributed by atoms with van der Waals surface area (Å²) in [4.78, 5) is 32.2. The molecule has 9 heteroatoms. The van der Waals surface area contributed by atoms with E-state index in [1.807, 2.05) is 0 Å². The molecule has 0 radical (unpaired) electrons. The highest BCUT2D eigenvalue weighted by atomic mass is 79.9. The maximum Gasteiger partial charge on any atom is 0.270 e. The van der Waals surface area contributed by atoms with Gasteiger partial charge in [-0.3, -0.25) is 25.0 Å². The Bertz CT molecular complexity index is 776. The maximum atomic E-state index is 12.0. The van der Waals surface area contributed by atoms with Crippen LogP contribution in [0.1, 0.15) is 10.4 Å². The van der Waals surface area contributed by atoms with Gasteiger partial charge in [-0.05, 0) is 34.1 Å². The fourth-order valence-corrected chi connectivity index (χ4v) is 2.31. The highest BCUT2D eigenvalue weighted by Gasteiger charge is 2.12. The van der Waals surface area contributed by atoms with Crippen LogP contribution in [-0.2, 0) is 0 Å². The Hall–Kier alpha value is -2.81. The molecule has 0 aromatic heterocycles. The Balaban J connectivity index is 2.04. The van der Waals surface area contributed by atoms with Gasteiger partial charge in [0.25, 0.3) is 11.4 Å². The van der Waals surface area contributed by atoms with Gasteiger partial charge in [0.05, 0.1) is 16.4 Å². The van der Waals surface area contributed by atoms with Gasteiger partial charge in [-0.15, -0.1) is 0 Å². The summed E-state index contributed by atoms with van der Waals surface area (Å²) in [6, 6.07) is 9.43. The van der Waals surface area contributed by atoms with Gasteiger partial charge < -0.3 is 5.32 Å². The molecule has 0 bridgehead atoms. The van der Waals surface area contributed by atoms with E-state index < -0.39 is 9.85 Å². The topological polar surface area (TPSA) is 115 Å². The van der Waals surface area contributed by atoms with Crippen molar-refractivity contribution in [2.45, 2.75) is 0 Å². The molecule has 0 heterocycles. The molecule has 0 aliphatic rings. The molecule has 0 amide bonds. The van der Waals surface area contributed by atoms with Crippen LogP contribution in [0.4, 0.5) is 17.1 Å². The molecule has 0 atom stereocenters. The summed E-state index contributed by atoms with van der Waals surface area (Å²) in [5, 5.41) is 24.1. The van der Waals surface area contributed by atoms with Crippen LogP contribution in [0.2, 0.25) is 0 Å². The molecule has 0 fully saturated rings. The van der Waals surface area contributed by atoms with Gasteiger partial charge in [0.15, 0.2) is 5.78 Å². The number of anilines is 1. The Morgan fingerprint density at radius 1 is 1.00 bits per heavy atom. The van der Waals surface area contributed by atoms with E-state index in [4.69, 9.17) is 0 Å². The van der Waals surface area contributed by atoms with Crippen LogP contribution in [0.3, 0.4) is 0 Å². The zero-order chi connectivity index (χ0) is 17.0. The predicted molar refractivity (Wildman–Crippen MR) is 86.7 cm³/mol. The Morgan fingerprint density at radius 3 is 2.09 bits per heavy atom. The Kier molecular flexibility index (Phi) is 5.02. The van der Waals surface area contributed by atoms with Crippen LogP contribution in [0.5, 0.6) is 0 Å². The van der Waals surface area contributed by atoms with Crippen molar-refractivity contribution in [2.75, 3.05) is 11.9 Å². The second-order valence-electron chi connectivity index (χ2n) is 4.50. The van der Waals surface area contributed by atoms with Crippen molar-refractivity contribution in [2.24, 2.45) is 0 Å². The second kappa shape index (κ2) is 6.97. The average Bonchev–Trinajstić information content (AvgIpc) is 2.53. The largest absolute Gasteiger partial charge is 0.377 e. The number of nitrogens with zero attached hydrogens (tertiary/aromatic N) is 2. The minimum absolute atomic E-state index is 0.0474. The van der Waals surface area contributed by atoms with Crippen molar-refractivity contribution in [3.05, 3.63) is 72.7 Å². The SMILES string of the molecule is O=C(CNc1ccc([N+](=O)[O-])cc1Br)c1ccc([N+](=O)[O-])cc1. The number of non-ortho nitro benzene ring substituents is 2. The standard InChI is InChI=1S/C14H10BrN3O5/c15-12-7-11(18(22)23)5-6-13(12)16-8-14(19)9-1-3-10(4-2-9)17(20)21/h1-7,16H,8H2. The minimum atomic E-state index is -0.541. The number of rotatable bonds is 6. The number of carbonyl (C=O) groups is 1. The van der Waals surface area contributed by atoms with Crippen LogP contribution >= 0.6 is 15.9 Å². The number of halogens is 1. The van der Waals surface area contributed by atoms with E-state index in [1.165, 1.54) is 42.5 Å². The number of hydrogen-bond donors (Lipinski definition) is 1. The molecule has 2 rings (SSSR count). The van der Waals surface area contributed by atoms with Crippen LogP contribution < -0.4 is 5.32 Å². The monoisotopic (exact) mass is 379 g/mol. The summed E-state index contributed by atoms with van der Waals surface area (Å²) in [6.07, 6.45) is 0. The molecule has 0 aliphatic heterocycles. The lowest BCUT2D eigenvalue weighted by molar-refractivity contribution is -0.385. The predicted octanol–water partition coefficient (Wildman–Crippen LogP) is 3.56. The fraction of sp³-hybridized carbons (Fsp3) is 0.0714. The summed E-state index contributed by atoms with van der Waals surface area (Å²) in [5.74, 6) is -0.259. The number of carbonyl (C=O) groups excluding carboxylic acids is 1. The number of Topliss-reactive ketones (excluding diaryl/α,β-unsaturated/α-hetero) is 1. The second-order valence-corrected chi connectivity index (χ2v) is 5.36. The highest BCUT2D eigenvalue weighted by molar-refractivity contribution is 9.10. The summed E-state index contributed by atoms with van der Waals surface area (Å²) >= 11 is 3.19. The molecule has 23 heavy (non-hydrogen) atoms. The number of nitrogens with one attached hydrogen (secondary N) is 1. The van der Waals surface area contributed by atoms with Crippen molar-refractivity contribution < 1.29 is 14.6 Å². The van der Waals surface area contributed by atoms with Gasteiger partial charge in [0.1, 0.15) is 0 Å². The lowest BCUT2D eigenvalue weighted by Crippen LogP contribution is -2.14. The molecule has 2 aromatic rings. The third-order valence-corrected chi connectivity index (χ3v) is 3.66. The van der Waals surface area contributed by atoms with Crippen LogP contribution in [0, 0.1) is 20.2 Å². The van der Waals surface area contributed by atoms with Gasteiger partial charge in [-0.2, -0.15) is 0 Å². The first kappa shape index (κ1) is 16.6. The van der Waals surface area contributed by atoms with Gasteiger partial charge in [0.2, 0.25) is 0 Å². The van der Waals surface area contributed by atoms with Crippen LogP contribution in [0.25, 0.3) is 0 Å². The zero-order valence-electron chi connectivity index (χ0n) is 11.6. The van der Waals surface area contributed by atoms with Gasteiger partial charge in [0, 0.05) is 40.0 Å². The van der Waals surface area contributed by atoms with E-state index in [9.17, 15) is 25.0 Å². The number of hydrogen-bond acceptors (Lipinski definition) is 6. The van der Waals surface area contributed by atoms with Crippen molar-refractivity contribution in [1.82, 2.24) is 0 Å². The van der Waals surface area contributed by atoms with Crippen LogP contribution in [-0.4, -0.2) is 22.2 Å². The number of benzene rings is 2. The van der Waals surface area contributed by atoms with Crippen molar-refractivity contribution in [3.8, 4) is 0 Å². The van der Waals surface area contributed by atoms with E-state index in [-0.39, 0.29) is 23.7 Å². The summed E-state index contributed by atoms with van der Waals surface area (Å²) in [5.41, 5.74) is 0.712. The molecule has 0 unspecified atom stereocenters. The van der Waals surface area contributed by atoms with E-state index in [0.717, 1.165) is 0 Å². The normalized spacial score (nSPS) is 10.1. The zero-order valence-corrected chi connectivity index (χ0v) is 13.1. The number of nitro benzene ring substituents is 2. The van der Waals surface area contributed by atoms with Crippen LogP contribution in [0.15, 0.2) is 46.9 Å². The van der Waals surface area contributed by atoms with Crippen molar-refractivity contribution in [1.29, 1.82) is 0 Å². The lowest BCUT2D eigenvalue weighted by atomic mass is 10.1. The first-order valence-electron chi connectivity index (χ1n) is 6.34. The Morgan fingerprint density at radius 2 is 1.57 bits per heavy atom. The molecule has 2 aromatic carbocycles. The molecule has 1 N–H and O–H groups in total. The average molecular weight is 380 g/mol. The lowest BCUT2D eigenvalue weighted by Gasteiger charge is -2.08. The van der Waals surface area contributed by atoms with Gasteiger partial charge in [-0.25, -0.2) is 0 Å².